The van der Waals surface area contributed by atoms with Gasteiger partial charge in [0.1, 0.15) is 0 Å². The van der Waals surface area contributed by atoms with E-state index in [1.54, 1.807) is 12.1 Å². The van der Waals surface area contributed by atoms with E-state index in [2.05, 4.69) is 17.2 Å². The predicted molar refractivity (Wildman–Crippen MR) is 125 cm³/mol. The van der Waals surface area contributed by atoms with Gasteiger partial charge in [0.25, 0.3) is 0 Å². The number of carboxylic acid groups (broad SMARTS) is 4. The smallest absolute Gasteiger partial charge is 0.337 e. The van der Waals surface area contributed by atoms with Gasteiger partial charge in [-0.25, -0.2) is 9.59 Å². The molecule has 1 amide bonds. The summed E-state index contributed by atoms with van der Waals surface area (Å²) in [5.41, 5.74) is 1.43. The van der Waals surface area contributed by atoms with Gasteiger partial charge in [0.05, 0.1) is 35.3 Å². The molecule has 0 bridgehead atoms. The second kappa shape index (κ2) is 12.0. The van der Waals surface area contributed by atoms with E-state index in [-0.39, 0.29) is 48.2 Å². The summed E-state index contributed by atoms with van der Waals surface area (Å²) in [4.78, 5) is 56.6. The Balaban J connectivity index is 2.22. The highest BCUT2D eigenvalue weighted by atomic mass is 16.4. The predicted octanol–water partition coefficient (Wildman–Crippen LogP) is 3.27. The second-order valence-corrected chi connectivity index (χ2v) is 7.61. The van der Waals surface area contributed by atoms with Crippen molar-refractivity contribution in [2.45, 2.75) is 32.1 Å². The van der Waals surface area contributed by atoms with Gasteiger partial charge >= 0.3 is 23.9 Å². The van der Waals surface area contributed by atoms with E-state index < -0.39 is 36.2 Å². The number of aromatic carboxylic acids is 2. The van der Waals surface area contributed by atoms with Crippen molar-refractivity contribution in [1.82, 2.24) is 0 Å². The van der Waals surface area contributed by atoms with Crippen LogP contribution < -0.4 is 10.6 Å². The summed E-state index contributed by atoms with van der Waals surface area (Å²) in [5, 5.41) is 41.7. The van der Waals surface area contributed by atoms with Gasteiger partial charge in [-0.1, -0.05) is 18.7 Å². The fourth-order valence-corrected chi connectivity index (χ4v) is 3.15. The zero-order valence-corrected chi connectivity index (χ0v) is 18.5. The molecule has 0 aliphatic carbocycles. The molecule has 0 aliphatic heterocycles. The zero-order chi connectivity index (χ0) is 26.1. The quantitative estimate of drug-likeness (QED) is 0.246. The number of nitrogens with one attached hydrogen (secondary N) is 2. The lowest BCUT2D eigenvalue weighted by atomic mass is 9.99. The van der Waals surface area contributed by atoms with Crippen molar-refractivity contribution < 1.29 is 44.4 Å². The summed E-state index contributed by atoms with van der Waals surface area (Å²) >= 11 is 0. The summed E-state index contributed by atoms with van der Waals surface area (Å²) in [6, 6.07) is 8.87. The monoisotopic (exact) mass is 484 g/mol. The van der Waals surface area contributed by atoms with Gasteiger partial charge in [0.15, 0.2) is 0 Å². The molecule has 35 heavy (non-hydrogen) atoms. The summed E-state index contributed by atoms with van der Waals surface area (Å²) < 4.78 is 0. The lowest BCUT2D eigenvalue weighted by Gasteiger charge is -2.14. The molecular formula is C24H24N2O9. The molecule has 11 heteroatoms. The van der Waals surface area contributed by atoms with Crippen LogP contribution in [0.1, 0.15) is 57.5 Å². The third-order valence-electron chi connectivity index (χ3n) is 4.83. The van der Waals surface area contributed by atoms with Crippen molar-refractivity contribution in [3.8, 4) is 0 Å². The summed E-state index contributed by atoms with van der Waals surface area (Å²) in [7, 11) is 0. The van der Waals surface area contributed by atoms with E-state index in [0.717, 1.165) is 0 Å². The molecule has 2 aromatic rings. The molecule has 0 fully saturated rings. The molecule has 11 nitrogen and oxygen atoms in total. The Morgan fingerprint density at radius 1 is 0.657 bits per heavy atom. The molecule has 0 spiro atoms. The Morgan fingerprint density at radius 3 is 1.57 bits per heavy atom. The number of amides is 1. The summed E-state index contributed by atoms with van der Waals surface area (Å²) in [5.74, 6) is -5.31. The van der Waals surface area contributed by atoms with Crippen LogP contribution >= 0.6 is 0 Å². The van der Waals surface area contributed by atoms with Crippen molar-refractivity contribution in [1.29, 1.82) is 0 Å². The first-order valence-electron chi connectivity index (χ1n) is 10.4. The van der Waals surface area contributed by atoms with E-state index in [1.807, 2.05) is 0 Å². The standard InChI is InChI=1S/C24H24N2O9/c1-13(2-8-21(28)29)25-18-5-3-14(11-16(18)23(32)33)10-15-4-6-19(17(12-15)24(34)35)26-20(27)7-9-22(30)31/h3-6,11-12,25H,1-2,7-10H2,(H,26,27)(H,28,29)(H,30,31)(H,32,33)(H,34,35). The lowest BCUT2D eigenvalue weighted by molar-refractivity contribution is -0.138. The largest absolute Gasteiger partial charge is 0.481 e. The van der Waals surface area contributed by atoms with Gasteiger partial charge in [-0.2, -0.15) is 0 Å². The van der Waals surface area contributed by atoms with E-state index in [4.69, 9.17) is 10.2 Å². The van der Waals surface area contributed by atoms with Crippen LogP contribution in [0.4, 0.5) is 11.4 Å². The van der Waals surface area contributed by atoms with Crippen LogP contribution in [0.5, 0.6) is 0 Å². The first-order chi connectivity index (χ1) is 16.5. The van der Waals surface area contributed by atoms with E-state index >= 15 is 0 Å². The first-order valence-corrected chi connectivity index (χ1v) is 10.4. The summed E-state index contributed by atoms with van der Waals surface area (Å²) in [6.07, 6.45) is -0.553. The van der Waals surface area contributed by atoms with Gasteiger partial charge in [0.2, 0.25) is 5.91 Å². The number of benzene rings is 2. The molecule has 0 aromatic heterocycles. The van der Waals surface area contributed by atoms with Gasteiger partial charge in [-0.3, -0.25) is 14.4 Å². The highest BCUT2D eigenvalue weighted by Crippen LogP contribution is 2.24. The number of carbonyl (C=O) groups is 5. The topological polar surface area (TPSA) is 190 Å². The maximum atomic E-state index is 11.9. The Hall–Kier alpha value is -4.67. The number of allylic oxidation sites excluding steroid dienone is 1. The Labute approximate surface area is 199 Å². The molecule has 0 radical (unpaired) electrons. The van der Waals surface area contributed by atoms with Crippen LogP contribution in [-0.4, -0.2) is 50.2 Å². The van der Waals surface area contributed by atoms with Crippen molar-refractivity contribution in [3.63, 3.8) is 0 Å². The number of aliphatic carboxylic acids is 2. The van der Waals surface area contributed by atoms with Crippen molar-refractivity contribution >= 4 is 41.2 Å². The van der Waals surface area contributed by atoms with E-state index in [9.17, 15) is 34.2 Å². The minimum atomic E-state index is -1.30. The number of hydrogen-bond acceptors (Lipinski definition) is 6. The molecule has 6 N–H and O–H groups in total. The Bertz CT molecular complexity index is 1100. The number of rotatable bonds is 13. The number of carbonyl (C=O) groups excluding carboxylic acids is 1. The normalized spacial score (nSPS) is 10.3. The lowest BCUT2D eigenvalue weighted by Crippen LogP contribution is -2.16. The zero-order valence-electron chi connectivity index (χ0n) is 18.5. The van der Waals surface area contributed by atoms with Crippen molar-refractivity contribution in [2.24, 2.45) is 0 Å². The SMILES string of the molecule is C=C(CCC(=O)O)Nc1ccc(Cc2ccc(NC(=O)CCC(=O)O)c(C(=O)O)c2)cc1C(=O)O. The van der Waals surface area contributed by atoms with Gasteiger partial charge in [0, 0.05) is 12.1 Å². The second-order valence-electron chi connectivity index (χ2n) is 7.61. The molecular weight excluding hydrogens is 460 g/mol. The molecule has 0 saturated heterocycles. The molecule has 184 valence electrons. The Morgan fingerprint density at radius 2 is 1.11 bits per heavy atom. The number of hydrogen-bond donors (Lipinski definition) is 6. The van der Waals surface area contributed by atoms with Crippen LogP contribution in [0.2, 0.25) is 0 Å². The molecule has 2 aromatic carbocycles. The fourth-order valence-electron chi connectivity index (χ4n) is 3.15. The fraction of sp³-hybridized carbons (Fsp3) is 0.208. The van der Waals surface area contributed by atoms with Crippen molar-refractivity contribution in [3.05, 3.63) is 70.9 Å². The molecule has 2 rings (SSSR count). The van der Waals surface area contributed by atoms with E-state index in [1.165, 1.54) is 24.3 Å². The van der Waals surface area contributed by atoms with Crippen LogP contribution in [0.15, 0.2) is 48.7 Å². The third kappa shape index (κ3) is 8.31. The summed E-state index contributed by atoms with van der Waals surface area (Å²) in [6.45, 7) is 3.71. The Kier molecular flexibility index (Phi) is 9.10. The van der Waals surface area contributed by atoms with Crippen molar-refractivity contribution in [2.75, 3.05) is 10.6 Å². The minimum Gasteiger partial charge on any atom is -0.481 e. The highest BCUT2D eigenvalue weighted by molar-refractivity contribution is 6.01. The van der Waals surface area contributed by atoms with Gasteiger partial charge in [-0.05, 0) is 48.2 Å². The molecule has 0 heterocycles. The maximum Gasteiger partial charge on any atom is 0.337 e. The van der Waals surface area contributed by atoms with Crippen LogP contribution in [0.25, 0.3) is 0 Å². The highest BCUT2D eigenvalue weighted by Gasteiger charge is 2.16. The number of carboxylic acids is 4. The maximum absolute atomic E-state index is 11.9. The van der Waals surface area contributed by atoms with Crippen LogP contribution in [0.3, 0.4) is 0 Å². The molecule has 0 unspecified atom stereocenters. The third-order valence-corrected chi connectivity index (χ3v) is 4.83. The number of anilines is 2. The van der Waals surface area contributed by atoms with Crippen LogP contribution in [0, 0.1) is 0 Å². The average molecular weight is 484 g/mol. The molecule has 0 saturated carbocycles. The first kappa shape index (κ1) is 26.6. The van der Waals surface area contributed by atoms with Crippen LogP contribution in [-0.2, 0) is 20.8 Å². The van der Waals surface area contributed by atoms with E-state index in [0.29, 0.717) is 16.8 Å². The molecule has 0 atom stereocenters. The van der Waals surface area contributed by atoms with Gasteiger partial charge < -0.3 is 31.1 Å². The molecule has 0 aliphatic rings. The van der Waals surface area contributed by atoms with Gasteiger partial charge in [-0.15, -0.1) is 0 Å². The average Bonchev–Trinajstić information content (AvgIpc) is 2.78. The minimum absolute atomic E-state index is 0.0160.